The quantitative estimate of drug-likeness (QED) is 0.837. The van der Waals surface area contributed by atoms with Crippen LogP contribution in [0, 0.1) is 17.5 Å². The maximum absolute atomic E-state index is 13.4. The van der Waals surface area contributed by atoms with E-state index < -0.39 is 34.9 Å². The largest absolute Gasteiger partial charge is 0.481 e. The van der Waals surface area contributed by atoms with Gasteiger partial charge in [-0.1, -0.05) is 0 Å². The van der Waals surface area contributed by atoms with Crippen molar-refractivity contribution in [2.24, 2.45) is 0 Å². The molecule has 104 valence electrons. The fourth-order valence-corrected chi connectivity index (χ4v) is 1.47. The minimum atomic E-state index is -1.70. The summed E-state index contributed by atoms with van der Waals surface area (Å²) in [5.74, 6) is -6.47. The van der Waals surface area contributed by atoms with Crippen molar-refractivity contribution in [1.29, 1.82) is 0 Å². The Labute approximate surface area is 107 Å². The third-order valence-corrected chi connectivity index (χ3v) is 2.50. The summed E-state index contributed by atoms with van der Waals surface area (Å²) in [4.78, 5) is 23.1. The minimum absolute atomic E-state index is 0.0730. The van der Waals surface area contributed by atoms with Crippen LogP contribution in [0.4, 0.5) is 13.2 Å². The topological polar surface area (TPSA) is 57.6 Å². The Bertz CT molecular complexity index is 505. The first-order chi connectivity index (χ1) is 8.84. The first-order valence-electron chi connectivity index (χ1n) is 5.45. The van der Waals surface area contributed by atoms with Crippen LogP contribution in [0.2, 0.25) is 0 Å². The van der Waals surface area contributed by atoms with Gasteiger partial charge in [-0.05, 0) is 18.6 Å². The van der Waals surface area contributed by atoms with Crippen LogP contribution in [-0.2, 0) is 4.79 Å². The lowest BCUT2D eigenvalue weighted by atomic mass is 10.1. The Morgan fingerprint density at radius 1 is 1.21 bits per heavy atom. The highest BCUT2D eigenvalue weighted by atomic mass is 19.2. The highest BCUT2D eigenvalue weighted by molar-refractivity contribution is 5.94. The normalized spacial score (nSPS) is 10.3. The van der Waals surface area contributed by atoms with Crippen LogP contribution in [0.25, 0.3) is 0 Å². The highest BCUT2D eigenvalue weighted by Gasteiger charge is 2.21. The number of carbonyl (C=O) groups excluding carboxylic acids is 1. The SMILES string of the molecule is CN(CCCC(=O)O)C(=O)c1ccc(F)c(F)c1F. The third-order valence-electron chi connectivity index (χ3n) is 2.50. The Morgan fingerprint density at radius 2 is 1.84 bits per heavy atom. The Hall–Kier alpha value is -2.05. The highest BCUT2D eigenvalue weighted by Crippen LogP contribution is 2.16. The number of carbonyl (C=O) groups is 2. The molecule has 0 heterocycles. The number of halogens is 3. The summed E-state index contributed by atoms with van der Waals surface area (Å²) in [5.41, 5.74) is -0.586. The third kappa shape index (κ3) is 3.70. The van der Waals surface area contributed by atoms with Crippen LogP contribution in [-0.4, -0.2) is 35.5 Å². The summed E-state index contributed by atoms with van der Waals surface area (Å²) < 4.78 is 39.1. The Balaban J connectivity index is 2.77. The summed E-state index contributed by atoms with van der Waals surface area (Å²) in [6.45, 7) is 0.0730. The van der Waals surface area contributed by atoms with Gasteiger partial charge < -0.3 is 10.0 Å². The first-order valence-corrected chi connectivity index (χ1v) is 5.45. The molecule has 1 aromatic rings. The van der Waals surface area contributed by atoms with E-state index in [4.69, 9.17) is 5.11 Å². The molecule has 0 radical (unpaired) electrons. The van der Waals surface area contributed by atoms with Crippen molar-refractivity contribution in [2.45, 2.75) is 12.8 Å². The molecule has 0 bridgehead atoms. The number of amides is 1. The van der Waals surface area contributed by atoms with Crippen LogP contribution in [0.3, 0.4) is 0 Å². The lowest BCUT2D eigenvalue weighted by Crippen LogP contribution is -2.29. The predicted octanol–water partition coefficient (Wildman–Crippen LogP) is 2.04. The lowest BCUT2D eigenvalue weighted by molar-refractivity contribution is -0.137. The van der Waals surface area contributed by atoms with Crippen molar-refractivity contribution in [3.8, 4) is 0 Å². The van der Waals surface area contributed by atoms with Gasteiger partial charge in [0.2, 0.25) is 0 Å². The average molecular weight is 275 g/mol. The second-order valence-electron chi connectivity index (χ2n) is 3.95. The van der Waals surface area contributed by atoms with Gasteiger partial charge >= 0.3 is 5.97 Å². The first kappa shape index (κ1) is 15.0. The van der Waals surface area contributed by atoms with E-state index in [2.05, 4.69) is 0 Å². The molecule has 0 saturated carbocycles. The van der Waals surface area contributed by atoms with E-state index in [1.807, 2.05) is 0 Å². The number of rotatable bonds is 5. The van der Waals surface area contributed by atoms with Crippen molar-refractivity contribution >= 4 is 11.9 Å². The van der Waals surface area contributed by atoms with Crippen molar-refractivity contribution in [1.82, 2.24) is 4.90 Å². The van der Waals surface area contributed by atoms with Crippen molar-refractivity contribution in [3.63, 3.8) is 0 Å². The molecule has 0 atom stereocenters. The molecule has 0 aliphatic rings. The Morgan fingerprint density at radius 3 is 2.42 bits per heavy atom. The lowest BCUT2D eigenvalue weighted by Gasteiger charge is -2.17. The molecule has 1 amide bonds. The number of carboxylic acid groups (broad SMARTS) is 1. The van der Waals surface area contributed by atoms with E-state index in [9.17, 15) is 22.8 Å². The van der Waals surface area contributed by atoms with Gasteiger partial charge in [-0.2, -0.15) is 0 Å². The number of carboxylic acids is 1. The zero-order valence-corrected chi connectivity index (χ0v) is 10.1. The van der Waals surface area contributed by atoms with Crippen LogP contribution < -0.4 is 0 Å². The van der Waals surface area contributed by atoms with Gasteiger partial charge in [-0.3, -0.25) is 9.59 Å². The van der Waals surface area contributed by atoms with Gasteiger partial charge in [0.05, 0.1) is 5.56 Å². The molecular formula is C12H12F3NO3. The molecule has 0 aliphatic carbocycles. The molecular weight excluding hydrogens is 263 g/mol. The van der Waals surface area contributed by atoms with Gasteiger partial charge in [-0.15, -0.1) is 0 Å². The van der Waals surface area contributed by atoms with Crippen molar-refractivity contribution in [2.75, 3.05) is 13.6 Å². The molecule has 7 heteroatoms. The molecule has 4 nitrogen and oxygen atoms in total. The van der Waals surface area contributed by atoms with E-state index in [-0.39, 0.29) is 19.4 Å². The van der Waals surface area contributed by atoms with Gasteiger partial charge in [0.25, 0.3) is 5.91 Å². The van der Waals surface area contributed by atoms with E-state index in [1.54, 1.807) is 0 Å². The Kier molecular flexibility index (Phi) is 4.91. The smallest absolute Gasteiger partial charge is 0.303 e. The second kappa shape index (κ2) is 6.21. The van der Waals surface area contributed by atoms with Crippen LogP contribution in [0.5, 0.6) is 0 Å². The van der Waals surface area contributed by atoms with Crippen molar-refractivity contribution in [3.05, 3.63) is 35.1 Å². The summed E-state index contributed by atoms with van der Waals surface area (Å²) in [7, 11) is 1.32. The number of hydrogen-bond acceptors (Lipinski definition) is 2. The number of hydrogen-bond donors (Lipinski definition) is 1. The van der Waals surface area contributed by atoms with Gasteiger partial charge in [-0.25, -0.2) is 13.2 Å². The molecule has 0 aliphatic heterocycles. The van der Waals surface area contributed by atoms with E-state index in [0.29, 0.717) is 6.07 Å². The zero-order valence-electron chi connectivity index (χ0n) is 10.1. The maximum Gasteiger partial charge on any atom is 0.303 e. The molecule has 0 spiro atoms. The van der Waals surface area contributed by atoms with Crippen LogP contribution in [0.1, 0.15) is 23.2 Å². The second-order valence-corrected chi connectivity index (χ2v) is 3.95. The predicted molar refractivity (Wildman–Crippen MR) is 60.1 cm³/mol. The number of nitrogens with zero attached hydrogens (tertiary/aromatic N) is 1. The van der Waals surface area contributed by atoms with Crippen molar-refractivity contribution < 1.29 is 27.9 Å². The monoisotopic (exact) mass is 275 g/mol. The summed E-state index contributed by atoms with van der Waals surface area (Å²) in [6, 6.07) is 1.51. The molecule has 1 aromatic carbocycles. The zero-order chi connectivity index (χ0) is 14.6. The summed E-state index contributed by atoms with van der Waals surface area (Å²) in [6.07, 6.45) is 0.0424. The number of aliphatic carboxylic acids is 1. The van der Waals surface area contributed by atoms with E-state index in [1.165, 1.54) is 7.05 Å². The molecule has 1 N–H and O–H groups in total. The van der Waals surface area contributed by atoms with Crippen LogP contribution >= 0.6 is 0 Å². The molecule has 0 aromatic heterocycles. The van der Waals surface area contributed by atoms with E-state index >= 15 is 0 Å². The number of benzene rings is 1. The fourth-order valence-electron chi connectivity index (χ4n) is 1.47. The maximum atomic E-state index is 13.4. The van der Waals surface area contributed by atoms with Gasteiger partial charge in [0, 0.05) is 20.0 Å². The minimum Gasteiger partial charge on any atom is -0.481 e. The summed E-state index contributed by atoms with van der Waals surface area (Å²) in [5, 5.41) is 8.44. The molecule has 19 heavy (non-hydrogen) atoms. The molecule has 0 saturated heterocycles. The van der Waals surface area contributed by atoms with Crippen LogP contribution in [0.15, 0.2) is 12.1 Å². The molecule has 0 fully saturated rings. The standard InChI is InChI=1S/C12H12F3NO3/c1-16(6-2-3-9(17)18)12(19)7-4-5-8(13)11(15)10(7)14/h4-5H,2-3,6H2,1H3,(H,17,18). The molecule has 0 unspecified atom stereocenters. The van der Waals surface area contributed by atoms with Gasteiger partial charge in [0.1, 0.15) is 0 Å². The molecule has 1 rings (SSSR count). The fraction of sp³-hybridized carbons (Fsp3) is 0.333. The van der Waals surface area contributed by atoms with E-state index in [0.717, 1.165) is 11.0 Å². The summed E-state index contributed by atoms with van der Waals surface area (Å²) >= 11 is 0. The van der Waals surface area contributed by atoms with Gasteiger partial charge in [0.15, 0.2) is 17.5 Å². The average Bonchev–Trinajstić information content (AvgIpc) is 2.35.